The third kappa shape index (κ3) is 4.71. The van der Waals surface area contributed by atoms with Crippen LogP contribution in [0.15, 0.2) is 71.6 Å². The topological polar surface area (TPSA) is 66.5 Å². The van der Waals surface area contributed by atoms with E-state index in [4.69, 9.17) is 0 Å². The maximum absolute atomic E-state index is 13.4. The maximum atomic E-state index is 13.4. The van der Waals surface area contributed by atoms with E-state index < -0.39 is 15.9 Å². The van der Waals surface area contributed by atoms with Gasteiger partial charge in [-0.15, -0.1) is 0 Å². The molecule has 3 aromatic rings. The van der Waals surface area contributed by atoms with Crippen molar-refractivity contribution >= 4 is 27.3 Å². The number of hydrogen-bond donors (Lipinski definition) is 1. The highest BCUT2D eigenvalue weighted by molar-refractivity contribution is 7.92. The van der Waals surface area contributed by atoms with Crippen LogP contribution in [0.3, 0.4) is 0 Å². The summed E-state index contributed by atoms with van der Waals surface area (Å²) in [6.07, 6.45) is 0. The molecule has 0 saturated carbocycles. The second kappa shape index (κ2) is 8.71. The molecule has 1 N–H and O–H groups in total. The number of sulfonamides is 1. The van der Waals surface area contributed by atoms with Crippen molar-refractivity contribution in [2.45, 2.75) is 32.6 Å². The smallest absolute Gasteiger partial charge is 0.264 e. The molecule has 6 heteroatoms. The zero-order valence-corrected chi connectivity index (χ0v) is 18.5. The van der Waals surface area contributed by atoms with Gasteiger partial charge in [0.05, 0.1) is 10.6 Å². The molecule has 0 spiro atoms. The summed E-state index contributed by atoms with van der Waals surface area (Å²) in [4.78, 5) is 13.0. The summed E-state index contributed by atoms with van der Waals surface area (Å²) >= 11 is 0. The molecule has 0 aliphatic rings. The molecule has 156 valence electrons. The van der Waals surface area contributed by atoms with Gasteiger partial charge in [0, 0.05) is 5.69 Å². The summed E-state index contributed by atoms with van der Waals surface area (Å²) in [5.41, 5.74) is 5.11. The summed E-state index contributed by atoms with van der Waals surface area (Å²) < 4.78 is 28.0. The van der Waals surface area contributed by atoms with Crippen molar-refractivity contribution in [1.29, 1.82) is 0 Å². The molecule has 0 saturated heterocycles. The van der Waals surface area contributed by atoms with Gasteiger partial charge in [0.2, 0.25) is 5.91 Å². The number of hydrogen-bond acceptors (Lipinski definition) is 3. The van der Waals surface area contributed by atoms with E-state index in [-0.39, 0.29) is 11.4 Å². The molecule has 0 heterocycles. The molecule has 0 atom stereocenters. The number of carbonyl (C=O) groups excluding carboxylic acids is 1. The van der Waals surface area contributed by atoms with E-state index >= 15 is 0 Å². The van der Waals surface area contributed by atoms with Crippen LogP contribution in [0.1, 0.15) is 22.3 Å². The second-order valence-electron chi connectivity index (χ2n) is 7.46. The fraction of sp³-hybridized carbons (Fsp3) is 0.208. The Kier molecular flexibility index (Phi) is 6.27. The maximum Gasteiger partial charge on any atom is 0.264 e. The van der Waals surface area contributed by atoms with Crippen LogP contribution >= 0.6 is 0 Å². The molecule has 5 nitrogen and oxygen atoms in total. The first kappa shape index (κ1) is 21.6. The molecular formula is C24H26N2O3S. The average Bonchev–Trinajstić information content (AvgIpc) is 2.70. The van der Waals surface area contributed by atoms with Crippen LogP contribution < -0.4 is 9.62 Å². The van der Waals surface area contributed by atoms with Crippen molar-refractivity contribution in [3.05, 3.63) is 89.0 Å². The normalized spacial score (nSPS) is 11.2. The van der Waals surface area contributed by atoms with Gasteiger partial charge >= 0.3 is 0 Å². The molecular weight excluding hydrogens is 396 g/mol. The molecule has 0 fully saturated rings. The first-order valence-corrected chi connectivity index (χ1v) is 11.1. The number of amides is 1. The Bertz CT molecular complexity index is 1170. The molecule has 0 aromatic heterocycles. The van der Waals surface area contributed by atoms with Crippen molar-refractivity contribution in [3.8, 4) is 0 Å². The third-order valence-corrected chi connectivity index (χ3v) is 6.80. The van der Waals surface area contributed by atoms with E-state index in [1.807, 2.05) is 58.0 Å². The van der Waals surface area contributed by atoms with Crippen LogP contribution in [0.25, 0.3) is 0 Å². The number of aryl methyl sites for hydroxylation is 4. The van der Waals surface area contributed by atoms with E-state index in [2.05, 4.69) is 5.32 Å². The minimum absolute atomic E-state index is 0.143. The summed E-state index contributed by atoms with van der Waals surface area (Å²) in [7, 11) is -3.92. The number of anilines is 2. The lowest BCUT2D eigenvalue weighted by molar-refractivity contribution is -0.114. The van der Waals surface area contributed by atoms with Gasteiger partial charge in [-0.1, -0.05) is 42.0 Å². The van der Waals surface area contributed by atoms with E-state index in [1.165, 1.54) is 16.4 Å². The monoisotopic (exact) mass is 422 g/mol. The second-order valence-corrected chi connectivity index (χ2v) is 9.32. The molecule has 0 bridgehead atoms. The standard InChI is InChI=1S/C24H26N2O3S/c1-17-10-13-23(20(4)14-17)26(30(28,29)22-8-6-5-7-9-22)16-24(27)25-21-12-11-18(2)19(3)15-21/h5-15H,16H2,1-4H3,(H,25,27). The van der Waals surface area contributed by atoms with Crippen LogP contribution in [0.2, 0.25) is 0 Å². The lowest BCUT2D eigenvalue weighted by Gasteiger charge is -2.26. The van der Waals surface area contributed by atoms with Gasteiger partial charge in [0.15, 0.2) is 0 Å². The Morgan fingerprint density at radius 2 is 1.53 bits per heavy atom. The van der Waals surface area contributed by atoms with Crippen molar-refractivity contribution in [3.63, 3.8) is 0 Å². The minimum atomic E-state index is -3.92. The van der Waals surface area contributed by atoms with Gasteiger partial charge in [0.1, 0.15) is 6.54 Å². The van der Waals surface area contributed by atoms with Gasteiger partial charge in [-0.2, -0.15) is 0 Å². The largest absolute Gasteiger partial charge is 0.325 e. The number of benzene rings is 3. The number of carbonyl (C=O) groups is 1. The van der Waals surface area contributed by atoms with Gasteiger partial charge in [-0.05, 0) is 74.7 Å². The lowest BCUT2D eigenvalue weighted by atomic mass is 10.1. The highest BCUT2D eigenvalue weighted by atomic mass is 32.2. The zero-order valence-electron chi connectivity index (χ0n) is 17.6. The minimum Gasteiger partial charge on any atom is -0.325 e. The van der Waals surface area contributed by atoms with Gasteiger partial charge in [-0.25, -0.2) is 8.42 Å². The first-order chi connectivity index (χ1) is 14.2. The van der Waals surface area contributed by atoms with Crippen LogP contribution in [-0.4, -0.2) is 20.9 Å². The molecule has 3 aromatic carbocycles. The SMILES string of the molecule is Cc1ccc(N(CC(=O)Nc2ccc(C)c(C)c2)S(=O)(=O)c2ccccc2)c(C)c1. The summed E-state index contributed by atoms with van der Waals surface area (Å²) in [5.74, 6) is -0.405. The van der Waals surface area contributed by atoms with Gasteiger partial charge in [-0.3, -0.25) is 9.10 Å². The third-order valence-electron chi connectivity index (χ3n) is 5.03. The Morgan fingerprint density at radius 3 is 2.17 bits per heavy atom. The van der Waals surface area contributed by atoms with Crippen LogP contribution in [-0.2, 0) is 14.8 Å². The zero-order chi connectivity index (χ0) is 21.9. The molecule has 0 radical (unpaired) electrons. The highest BCUT2D eigenvalue weighted by Gasteiger charge is 2.28. The molecule has 30 heavy (non-hydrogen) atoms. The number of nitrogens with one attached hydrogen (secondary N) is 1. The van der Waals surface area contributed by atoms with Crippen LogP contribution in [0.5, 0.6) is 0 Å². The predicted octanol–water partition coefficient (Wildman–Crippen LogP) is 4.75. The fourth-order valence-electron chi connectivity index (χ4n) is 3.25. The van der Waals surface area contributed by atoms with Crippen LogP contribution in [0.4, 0.5) is 11.4 Å². The summed E-state index contributed by atoms with van der Waals surface area (Å²) in [6, 6.07) is 19.3. The fourth-order valence-corrected chi connectivity index (χ4v) is 4.76. The summed E-state index contributed by atoms with van der Waals surface area (Å²) in [6.45, 7) is 7.42. The average molecular weight is 423 g/mol. The molecule has 3 rings (SSSR count). The van der Waals surface area contributed by atoms with Crippen molar-refractivity contribution in [2.24, 2.45) is 0 Å². The summed E-state index contributed by atoms with van der Waals surface area (Å²) in [5, 5.41) is 2.82. The Balaban J connectivity index is 1.97. The lowest BCUT2D eigenvalue weighted by Crippen LogP contribution is -2.38. The Hall–Kier alpha value is -3.12. The number of rotatable bonds is 6. The molecule has 0 aliphatic carbocycles. The molecule has 0 unspecified atom stereocenters. The van der Waals surface area contributed by atoms with E-state index in [9.17, 15) is 13.2 Å². The van der Waals surface area contributed by atoms with Crippen molar-refractivity contribution in [1.82, 2.24) is 0 Å². The van der Waals surface area contributed by atoms with Crippen molar-refractivity contribution in [2.75, 3.05) is 16.2 Å². The van der Waals surface area contributed by atoms with Crippen molar-refractivity contribution < 1.29 is 13.2 Å². The van der Waals surface area contributed by atoms with E-state index in [1.54, 1.807) is 24.3 Å². The Morgan fingerprint density at radius 1 is 0.833 bits per heavy atom. The molecule has 1 amide bonds. The molecule has 0 aliphatic heterocycles. The Labute approximate surface area is 178 Å². The highest BCUT2D eigenvalue weighted by Crippen LogP contribution is 2.27. The van der Waals surface area contributed by atoms with E-state index in [0.717, 1.165) is 22.3 Å². The number of nitrogens with zero attached hydrogens (tertiary/aromatic N) is 1. The van der Waals surface area contributed by atoms with E-state index in [0.29, 0.717) is 11.4 Å². The van der Waals surface area contributed by atoms with Crippen LogP contribution in [0, 0.1) is 27.7 Å². The predicted molar refractivity (Wildman–Crippen MR) is 121 cm³/mol. The van der Waals surface area contributed by atoms with Gasteiger partial charge in [0.25, 0.3) is 10.0 Å². The first-order valence-electron chi connectivity index (χ1n) is 9.70. The van der Waals surface area contributed by atoms with Gasteiger partial charge < -0.3 is 5.32 Å². The quantitative estimate of drug-likeness (QED) is 0.623.